The van der Waals surface area contributed by atoms with Crippen molar-refractivity contribution in [1.29, 1.82) is 0 Å². The van der Waals surface area contributed by atoms with Gasteiger partial charge in [-0.15, -0.1) is 0 Å². The third-order valence-electron chi connectivity index (χ3n) is 2.63. The molecule has 2 rings (SSSR count). The van der Waals surface area contributed by atoms with Gasteiger partial charge < -0.3 is 15.2 Å². The fourth-order valence-corrected chi connectivity index (χ4v) is 1.69. The average Bonchev–Trinajstić information content (AvgIpc) is 2.85. The number of hydrogen-bond donors (Lipinski definition) is 3. The first kappa shape index (κ1) is 12.5. The Hall–Kier alpha value is -1.92. The minimum atomic E-state index is -0.403. The van der Waals surface area contributed by atoms with Gasteiger partial charge in [-0.25, -0.2) is 0 Å². The molecule has 1 heterocycles. The smallest absolute Gasteiger partial charge is 0.251 e. The molecule has 6 nitrogen and oxygen atoms in total. The predicted octanol–water partition coefficient (Wildman–Crippen LogP) is 0.300. The van der Waals surface area contributed by atoms with Crippen molar-refractivity contribution in [1.82, 2.24) is 15.5 Å². The normalized spacial score (nSPS) is 12.6. The molecule has 0 fully saturated rings. The van der Waals surface area contributed by atoms with Crippen LogP contribution in [0.4, 0.5) is 0 Å². The molecule has 0 saturated heterocycles. The van der Waals surface area contributed by atoms with Crippen LogP contribution in [-0.2, 0) is 4.74 Å². The number of methoxy groups -OCH3 is 1. The Morgan fingerprint density at radius 3 is 3.17 bits per heavy atom. The molecule has 0 bridgehead atoms. The molecule has 3 N–H and O–H groups in total. The van der Waals surface area contributed by atoms with E-state index < -0.39 is 6.04 Å². The summed E-state index contributed by atoms with van der Waals surface area (Å²) in [4.78, 5) is 11.9. The van der Waals surface area contributed by atoms with Gasteiger partial charge in [-0.05, 0) is 12.1 Å². The summed E-state index contributed by atoms with van der Waals surface area (Å²) in [5.74, 6) is -0.248. The molecule has 0 aliphatic rings. The van der Waals surface area contributed by atoms with Crippen LogP contribution < -0.4 is 5.32 Å². The molecule has 0 radical (unpaired) electrons. The van der Waals surface area contributed by atoms with Crippen molar-refractivity contribution >= 4 is 16.8 Å². The monoisotopic (exact) mass is 249 g/mol. The molecule has 0 aliphatic heterocycles. The molecule has 18 heavy (non-hydrogen) atoms. The first-order valence-electron chi connectivity index (χ1n) is 5.58. The first-order chi connectivity index (χ1) is 8.74. The molecular weight excluding hydrogens is 234 g/mol. The van der Waals surface area contributed by atoms with Crippen molar-refractivity contribution in [3.05, 3.63) is 30.0 Å². The highest BCUT2D eigenvalue weighted by Crippen LogP contribution is 2.12. The number of nitrogens with one attached hydrogen (secondary N) is 2. The van der Waals surface area contributed by atoms with E-state index in [-0.39, 0.29) is 19.1 Å². The molecule has 96 valence electrons. The topological polar surface area (TPSA) is 87.2 Å². The number of carbonyl (C=O) groups is 1. The van der Waals surface area contributed by atoms with Gasteiger partial charge in [-0.1, -0.05) is 6.07 Å². The first-order valence-corrected chi connectivity index (χ1v) is 5.58. The highest BCUT2D eigenvalue weighted by Gasteiger charge is 2.13. The SMILES string of the molecule is COCC(CO)NC(=O)c1ccc2cn[nH]c2c1. The van der Waals surface area contributed by atoms with Gasteiger partial charge in [-0.2, -0.15) is 5.10 Å². The lowest BCUT2D eigenvalue weighted by molar-refractivity contribution is 0.0840. The van der Waals surface area contributed by atoms with Crippen molar-refractivity contribution in [3.63, 3.8) is 0 Å². The summed E-state index contributed by atoms with van der Waals surface area (Å²) in [5, 5.41) is 19.4. The standard InChI is InChI=1S/C12H15N3O3/c1-18-7-10(6-16)14-12(17)8-2-3-9-5-13-15-11(9)4-8/h2-5,10,16H,6-7H2,1H3,(H,13,15)(H,14,17). The van der Waals surface area contributed by atoms with Gasteiger partial charge in [0, 0.05) is 18.1 Å². The number of H-pyrrole nitrogens is 1. The van der Waals surface area contributed by atoms with Crippen LogP contribution >= 0.6 is 0 Å². The van der Waals surface area contributed by atoms with E-state index in [0.717, 1.165) is 10.9 Å². The maximum Gasteiger partial charge on any atom is 0.251 e. The lowest BCUT2D eigenvalue weighted by Crippen LogP contribution is -2.40. The second-order valence-electron chi connectivity index (χ2n) is 3.98. The fraction of sp³-hybridized carbons (Fsp3) is 0.333. The summed E-state index contributed by atoms with van der Waals surface area (Å²) in [6.45, 7) is 0.112. The van der Waals surface area contributed by atoms with Crippen molar-refractivity contribution in [3.8, 4) is 0 Å². The minimum absolute atomic E-state index is 0.161. The Kier molecular flexibility index (Phi) is 3.91. The van der Waals surface area contributed by atoms with Gasteiger partial charge in [0.05, 0.1) is 31.0 Å². The molecule has 0 spiro atoms. The summed E-state index contributed by atoms with van der Waals surface area (Å²) in [6.07, 6.45) is 1.69. The Labute approximate surface area is 104 Å². The molecule has 2 aromatic rings. The number of rotatable bonds is 5. The Bertz CT molecular complexity index is 538. The number of nitrogens with zero attached hydrogens (tertiary/aromatic N) is 1. The van der Waals surface area contributed by atoms with Gasteiger partial charge in [-0.3, -0.25) is 9.89 Å². The third kappa shape index (κ3) is 2.66. The van der Waals surface area contributed by atoms with E-state index in [2.05, 4.69) is 15.5 Å². The number of amides is 1. The van der Waals surface area contributed by atoms with Gasteiger partial charge in [0.15, 0.2) is 0 Å². The zero-order chi connectivity index (χ0) is 13.0. The van der Waals surface area contributed by atoms with Crippen LogP contribution in [0.2, 0.25) is 0 Å². The third-order valence-corrected chi connectivity index (χ3v) is 2.63. The van der Waals surface area contributed by atoms with E-state index in [1.807, 2.05) is 6.07 Å². The van der Waals surface area contributed by atoms with Crippen LogP contribution in [0.15, 0.2) is 24.4 Å². The van der Waals surface area contributed by atoms with Crippen molar-refractivity contribution in [2.75, 3.05) is 20.3 Å². The van der Waals surface area contributed by atoms with E-state index in [9.17, 15) is 4.79 Å². The van der Waals surface area contributed by atoms with Crippen LogP contribution in [0.5, 0.6) is 0 Å². The average molecular weight is 249 g/mol. The second kappa shape index (κ2) is 5.61. The van der Waals surface area contributed by atoms with E-state index in [4.69, 9.17) is 9.84 Å². The summed E-state index contributed by atoms with van der Waals surface area (Å²) >= 11 is 0. The van der Waals surface area contributed by atoms with E-state index in [1.165, 1.54) is 7.11 Å². The summed E-state index contributed by atoms with van der Waals surface area (Å²) in [6, 6.07) is 4.85. The van der Waals surface area contributed by atoms with Crippen molar-refractivity contribution < 1.29 is 14.6 Å². The minimum Gasteiger partial charge on any atom is -0.394 e. The number of aromatic nitrogens is 2. The molecule has 1 unspecified atom stereocenters. The number of carbonyl (C=O) groups excluding carboxylic acids is 1. The molecule has 1 atom stereocenters. The maximum atomic E-state index is 11.9. The molecule has 1 amide bonds. The van der Waals surface area contributed by atoms with E-state index in [0.29, 0.717) is 5.56 Å². The summed E-state index contributed by atoms with van der Waals surface area (Å²) < 4.78 is 4.90. The van der Waals surface area contributed by atoms with Crippen LogP contribution in [-0.4, -0.2) is 47.6 Å². The molecule has 0 saturated carbocycles. The molecule has 0 aliphatic carbocycles. The van der Waals surface area contributed by atoms with Crippen LogP contribution in [0.3, 0.4) is 0 Å². The Balaban J connectivity index is 2.12. The number of hydrogen-bond acceptors (Lipinski definition) is 4. The van der Waals surface area contributed by atoms with Crippen molar-refractivity contribution in [2.45, 2.75) is 6.04 Å². The zero-order valence-corrected chi connectivity index (χ0v) is 10.0. The number of aliphatic hydroxyl groups excluding tert-OH is 1. The molecule has 1 aromatic carbocycles. The van der Waals surface area contributed by atoms with Gasteiger partial charge in [0.2, 0.25) is 0 Å². The lowest BCUT2D eigenvalue weighted by atomic mass is 10.1. The van der Waals surface area contributed by atoms with E-state index in [1.54, 1.807) is 18.3 Å². The maximum absolute atomic E-state index is 11.9. The quantitative estimate of drug-likeness (QED) is 0.711. The summed E-state index contributed by atoms with van der Waals surface area (Å²) in [5.41, 5.74) is 1.32. The number of fused-ring (bicyclic) bond motifs is 1. The van der Waals surface area contributed by atoms with E-state index >= 15 is 0 Å². The fourth-order valence-electron chi connectivity index (χ4n) is 1.69. The zero-order valence-electron chi connectivity index (χ0n) is 10.0. The summed E-state index contributed by atoms with van der Waals surface area (Å²) in [7, 11) is 1.52. The van der Waals surface area contributed by atoms with Gasteiger partial charge in [0.25, 0.3) is 5.91 Å². The Morgan fingerprint density at radius 2 is 2.44 bits per heavy atom. The van der Waals surface area contributed by atoms with Gasteiger partial charge >= 0.3 is 0 Å². The highest BCUT2D eigenvalue weighted by atomic mass is 16.5. The van der Waals surface area contributed by atoms with Crippen molar-refractivity contribution in [2.24, 2.45) is 0 Å². The number of ether oxygens (including phenoxy) is 1. The molecular formula is C12H15N3O3. The van der Waals surface area contributed by atoms with Crippen LogP contribution in [0, 0.1) is 0 Å². The second-order valence-corrected chi connectivity index (χ2v) is 3.98. The molecule has 6 heteroatoms. The predicted molar refractivity (Wildman–Crippen MR) is 66.3 cm³/mol. The number of benzene rings is 1. The highest BCUT2D eigenvalue weighted by molar-refractivity contribution is 5.97. The Morgan fingerprint density at radius 1 is 1.61 bits per heavy atom. The van der Waals surface area contributed by atoms with Gasteiger partial charge in [0.1, 0.15) is 0 Å². The lowest BCUT2D eigenvalue weighted by Gasteiger charge is -2.15. The number of aromatic amines is 1. The van der Waals surface area contributed by atoms with Crippen LogP contribution in [0.25, 0.3) is 10.9 Å². The number of aliphatic hydroxyl groups is 1. The largest absolute Gasteiger partial charge is 0.394 e. The van der Waals surface area contributed by atoms with Crippen LogP contribution in [0.1, 0.15) is 10.4 Å². The molecule has 1 aromatic heterocycles.